The third-order valence-corrected chi connectivity index (χ3v) is 9.75. The summed E-state index contributed by atoms with van der Waals surface area (Å²) in [4.78, 5) is 16.6. The minimum atomic E-state index is -4.12. The molecule has 3 heterocycles. The zero-order chi connectivity index (χ0) is 28.1. The van der Waals surface area contributed by atoms with E-state index in [1.165, 1.54) is 23.0 Å². The molecule has 1 unspecified atom stereocenters. The van der Waals surface area contributed by atoms with E-state index in [4.69, 9.17) is 0 Å². The smallest absolute Gasteiger partial charge is 0.291 e. The summed E-state index contributed by atoms with van der Waals surface area (Å²) in [6.45, 7) is 7.20. The molecule has 1 aromatic carbocycles. The van der Waals surface area contributed by atoms with E-state index >= 15 is 0 Å². The lowest BCUT2D eigenvalue weighted by atomic mass is 10.0. The molecule has 2 fully saturated rings. The molecule has 208 valence electrons. The van der Waals surface area contributed by atoms with Gasteiger partial charge in [-0.2, -0.15) is 15.1 Å². The van der Waals surface area contributed by atoms with Crippen LogP contribution in [0.3, 0.4) is 0 Å². The largest absolute Gasteiger partial charge is 0.367 e. The summed E-state index contributed by atoms with van der Waals surface area (Å²) < 4.78 is 57.0. The number of alkyl halides is 2. The summed E-state index contributed by atoms with van der Waals surface area (Å²) in [5, 5.41) is 21.3. The quantitative estimate of drug-likeness (QED) is 0.430. The highest BCUT2D eigenvalue weighted by Gasteiger charge is 2.47. The number of hydrogen-bond acceptors (Lipinski definition) is 9. The van der Waals surface area contributed by atoms with Crippen molar-refractivity contribution in [3.63, 3.8) is 0 Å². The van der Waals surface area contributed by atoms with Crippen molar-refractivity contribution >= 4 is 43.9 Å². The van der Waals surface area contributed by atoms with Gasteiger partial charge in [-0.25, -0.2) is 21.9 Å². The van der Waals surface area contributed by atoms with Crippen LogP contribution in [0, 0.1) is 17.2 Å². The number of nitrogens with zero attached hydrogens (tertiary/aromatic N) is 7. The molecule has 15 heteroatoms. The van der Waals surface area contributed by atoms with Gasteiger partial charge in [0.1, 0.15) is 5.54 Å². The number of nitriles is 1. The van der Waals surface area contributed by atoms with E-state index < -0.39 is 27.0 Å². The molecule has 1 saturated carbocycles. The first-order valence-corrected chi connectivity index (χ1v) is 14.9. The fourth-order valence-corrected chi connectivity index (χ4v) is 6.78. The highest BCUT2D eigenvalue weighted by molar-refractivity contribution is 7.89. The van der Waals surface area contributed by atoms with Gasteiger partial charge in [-0.3, -0.25) is 4.79 Å². The number of fused-ring (bicyclic) bond motifs is 1. The summed E-state index contributed by atoms with van der Waals surface area (Å²) >= 11 is 0.663. The van der Waals surface area contributed by atoms with Gasteiger partial charge >= 0.3 is 0 Å². The number of amides is 1. The van der Waals surface area contributed by atoms with E-state index in [1.54, 1.807) is 0 Å². The van der Waals surface area contributed by atoms with Crippen molar-refractivity contribution in [3.05, 3.63) is 23.3 Å². The normalized spacial score (nSPS) is 19.9. The first-order chi connectivity index (χ1) is 18.5. The van der Waals surface area contributed by atoms with Gasteiger partial charge in [-0.1, -0.05) is 25.2 Å². The van der Waals surface area contributed by atoms with Crippen LogP contribution in [-0.2, 0) is 14.8 Å². The molecule has 1 amide bonds. The maximum atomic E-state index is 13.4. The van der Waals surface area contributed by atoms with Crippen molar-refractivity contribution in [2.45, 2.75) is 62.9 Å². The van der Waals surface area contributed by atoms with Crippen LogP contribution in [0.2, 0.25) is 0 Å². The van der Waals surface area contributed by atoms with Crippen molar-refractivity contribution in [2.24, 2.45) is 5.92 Å². The van der Waals surface area contributed by atoms with Crippen LogP contribution in [-0.4, -0.2) is 70.4 Å². The van der Waals surface area contributed by atoms with Gasteiger partial charge in [0.25, 0.3) is 6.43 Å². The topological polar surface area (TPSA) is 137 Å². The number of rotatable bonds is 8. The van der Waals surface area contributed by atoms with Crippen LogP contribution in [0.1, 0.15) is 51.5 Å². The number of halogens is 2. The minimum Gasteiger partial charge on any atom is -0.367 e. The average molecular weight is 579 g/mol. The molecule has 0 radical (unpaired) electrons. The van der Waals surface area contributed by atoms with Crippen LogP contribution in [0.4, 0.5) is 14.5 Å². The lowest BCUT2D eigenvalue weighted by Crippen LogP contribution is -2.55. The summed E-state index contributed by atoms with van der Waals surface area (Å²) in [7, 11) is -4.12. The van der Waals surface area contributed by atoms with Gasteiger partial charge in [-0.05, 0) is 38.3 Å². The number of carbonyl (C=O) groups excluding carboxylic acids is 1. The molecule has 2 atom stereocenters. The first-order valence-electron chi connectivity index (χ1n) is 12.6. The number of aromatic nitrogens is 4. The fraction of sp³-hybridized carbons (Fsp3) is 0.542. The average Bonchev–Trinajstić information content (AvgIpc) is 3.29. The Bertz CT molecular complexity index is 1560. The lowest BCUT2D eigenvalue weighted by molar-refractivity contribution is -0.137. The third-order valence-electron chi connectivity index (χ3n) is 7.33. The molecular weight excluding hydrogens is 550 g/mol. The van der Waals surface area contributed by atoms with Crippen LogP contribution in [0.15, 0.2) is 23.2 Å². The number of sulfonamides is 1. The Balaban J connectivity index is 1.58. The van der Waals surface area contributed by atoms with Crippen molar-refractivity contribution in [3.8, 4) is 11.2 Å². The Kier molecular flexibility index (Phi) is 7.06. The highest BCUT2D eigenvalue weighted by atomic mass is 32.2. The number of nitrogens with one attached hydrogen (secondary N) is 1. The van der Waals surface area contributed by atoms with E-state index in [9.17, 15) is 27.3 Å². The van der Waals surface area contributed by atoms with E-state index in [1.807, 2.05) is 36.6 Å². The summed E-state index contributed by atoms with van der Waals surface area (Å²) in [6, 6.07) is 4.84. The number of anilines is 1. The predicted octanol–water partition coefficient (Wildman–Crippen LogP) is 3.23. The van der Waals surface area contributed by atoms with Crippen molar-refractivity contribution < 1.29 is 22.0 Å². The molecule has 3 aromatic rings. The van der Waals surface area contributed by atoms with Gasteiger partial charge < -0.3 is 9.80 Å². The van der Waals surface area contributed by atoms with Crippen LogP contribution in [0.25, 0.3) is 16.0 Å². The van der Waals surface area contributed by atoms with Gasteiger partial charge in [0.15, 0.2) is 5.01 Å². The van der Waals surface area contributed by atoms with Crippen molar-refractivity contribution in [1.82, 2.24) is 29.6 Å². The monoisotopic (exact) mass is 578 g/mol. The Morgan fingerprint density at radius 1 is 1.31 bits per heavy atom. The summed E-state index contributed by atoms with van der Waals surface area (Å²) in [6.07, 6.45) is 0.310. The maximum Gasteiger partial charge on any atom is 0.291 e. The molecule has 1 aliphatic heterocycles. The number of hydrogen-bond donors (Lipinski definition) is 1. The summed E-state index contributed by atoms with van der Waals surface area (Å²) in [5.74, 6) is -0.0103. The van der Waals surface area contributed by atoms with Gasteiger partial charge in [0.05, 0.1) is 22.7 Å². The number of piperazine rings is 1. The zero-order valence-corrected chi connectivity index (χ0v) is 23.3. The Morgan fingerprint density at radius 3 is 2.64 bits per heavy atom. The second-order valence-corrected chi connectivity index (χ2v) is 12.8. The lowest BCUT2D eigenvalue weighted by Gasteiger charge is -2.42. The van der Waals surface area contributed by atoms with E-state index in [0.29, 0.717) is 60.4 Å². The number of benzene rings is 1. The van der Waals surface area contributed by atoms with E-state index in [0.717, 1.165) is 6.42 Å². The van der Waals surface area contributed by atoms with Crippen molar-refractivity contribution in [1.29, 1.82) is 5.26 Å². The first kappa shape index (κ1) is 27.4. The molecule has 39 heavy (non-hydrogen) atoms. The van der Waals surface area contributed by atoms with Crippen molar-refractivity contribution in [2.75, 3.05) is 24.5 Å². The Labute approximate surface area is 228 Å². The van der Waals surface area contributed by atoms with E-state index in [2.05, 4.69) is 20.0 Å². The molecule has 5 rings (SSSR count). The van der Waals surface area contributed by atoms with Crippen LogP contribution >= 0.6 is 11.3 Å². The van der Waals surface area contributed by atoms with Crippen LogP contribution < -0.4 is 9.62 Å². The molecule has 1 aliphatic carbocycles. The highest BCUT2D eigenvalue weighted by Crippen LogP contribution is 2.38. The zero-order valence-electron chi connectivity index (χ0n) is 21.6. The Morgan fingerprint density at radius 2 is 2.05 bits per heavy atom. The van der Waals surface area contributed by atoms with Gasteiger partial charge in [-0.15, -0.1) is 10.2 Å². The molecule has 11 nitrogen and oxygen atoms in total. The fourth-order valence-electron chi connectivity index (χ4n) is 4.69. The Hall–Kier alpha value is -3.22. The minimum absolute atomic E-state index is 0.0711. The van der Waals surface area contributed by atoms with Gasteiger partial charge in [0, 0.05) is 42.7 Å². The second kappa shape index (κ2) is 10.1. The molecular formula is C24H28F2N8O3S2. The van der Waals surface area contributed by atoms with Crippen LogP contribution in [0.5, 0.6) is 0 Å². The number of carbonyl (C=O) groups is 1. The molecule has 0 bridgehead atoms. The predicted molar refractivity (Wildman–Crippen MR) is 140 cm³/mol. The maximum absolute atomic E-state index is 13.4. The summed E-state index contributed by atoms with van der Waals surface area (Å²) in [5.41, 5.74) is -0.213. The SMILES string of the molecule is CCC(C)C(=O)N1CCN(c2cc(S(=O)(=O)NC3(C#N)CC3)cc3c2cnn3-c2nnc(C(F)F)s2)C[C@H]1C. The standard InChI is InChI=1S/C24H28F2N8O3S2/c1-4-14(2)22(35)33-8-7-32(12-15(33)3)18-9-16(39(36,37)31-24(13-27)5-6-24)10-19-17(18)11-28-34(19)23-30-29-21(38-23)20(25)26/h9-11,14-15,20,31H,4-8,12H2,1-3H3/t14?,15-/m1/s1. The van der Waals surface area contributed by atoms with E-state index in [-0.39, 0.29) is 27.9 Å². The molecule has 2 aliphatic rings. The molecule has 0 spiro atoms. The molecule has 1 saturated heterocycles. The second-order valence-electron chi connectivity index (χ2n) is 10.1. The third kappa shape index (κ3) is 5.08. The van der Waals surface area contributed by atoms with Gasteiger partial charge in [0.2, 0.25) is 21.1 Å². The molecule has 1 N–H and O–H groups in total. The molecule has 2 aromatic heterocycles.